The first-order chi connectivity index (χ1) is 17.2. The lowest BCUT2D eigenvalue weighted by Gasteiger charge is -2.28. The highest BCUT2D eigenvalue weighted by atomic mass is 16.2. The Hall–Kier alpha value is -4.47. The second-order valence-electron chi connectivity index (χ2n) is 8.59. The summed E-state index contributed by atoms with van der Waals surface area (Å²) in [6.45, 7) is 1.85. The summed E-state index contributed by atoms with van der Waals surface area (Å²) in [5.74, 6) is 1.59. The number of carbonyl (C=O) groups is 2. The van der Waals surface area contributed by atoms with Crippen molar-refractivity contribution in [1.82, 2.24) is 34.6 Å². The van der Waals surface area contributed by atoms with Gasteiger partial charge in [0.25, 0.3) is 11.8 Å². The van der Waals surface area contributed by atoms with Gasteiger partial charge in [-0.25, -0.2) is 4.98 Å². The van der Waals surface area contributed by atoms with Gasteiger partial charge < -0.3 is 14.8 Å². The predicted molar refractivity (Wildman–Crippen MR) is 126 cm³/mol. The van der Waals surface area contributed by atoms with E-state index in [4.69, 9.17) is 0 Å². The number of hydrogen-bond donors (Lipinski definition) is 1. The van der Waals surface area contributed by atoms with Gasteiger partial charge in [-0.05, 0) is 54.3 Å². The fraction of sp³-hybridized carbons (Fsp3) is 0.240. The third kappa shape index (κ3) is 4.03. The minimum atomic E-state index is -0.364. The molecule has 35 heavy (non-hydrogen) atoms. The molecule has 4 aromatic heterocycles. The lowest BCUT2D eigenvalue weighted by atomic mass is 10.0. The van der Waals surface area contributed by atoms with Gasteiger partial charge in [-0.3, -0.25) is 19.6 Å². The molecule has 4 aromatic rings. The fourth-order valence-corrected chi connectivity index (χ4v) is 4.54. The van der Waals surface area contributed by atoms with Crippen molar-refractivity contribution in [2.45, 2.75) is 32.4 Å². The molecule has 0 radical (unpaired) electrons. The van der Waals surface area contributed by atoms with Crippen LogP contribution in [0.2, 0.25) is 0 Å². The van der Waals surface area contributed by atoms with E-state index in [1.165, 1.54) is 0 Å². The predicted octanol–water partition coefficient (Wildman–Crippen LogP) is 2.53. The maximum atomic E-state index is 13.0. The molecule has 10 nitrogen and oxygen atoms in total. The van der Waals surface area contributed by atoms with Crippen molar-refractivity contribution in [2.75, 3.05) is 11.9 Å². The summed E-state index contributed by atoms with van der Waals surface area (Å²) >= 11 is 0. The van der Waals surface area contributed by atoms with Crippen LogP contribution in [0.1, 0.15) is 44.3 Å². The molecule has 0 fully saturated rings. The van der Waals surface area contributed by atoms with E-state index in [1.807, 2.05) is 12.1 Å². The summed E-state index contributed by atoms with van der Waals surface area (Å²) < 4.78 is 2.07. The van der Waals surface area contributed by atoms with Crippen molar-refractivity contribution in [2.24, 2.45) is 0 Å². The summed E-state index contributed by atoms with van der Waals surface area (Å²) in [6, 6.07) is 12.4. The number of nitrogens with zero attached hydrogens (tertiary/aromatic N) is 7. The fourth-order valence-electron chi connectivity index (χ4n) is 4.54. The van der Waals surface area contributed by atoms with Crippen molar-refractivity contribution in [3.05, 3.63) is 83.2 Å². The van der Waals surface area contributed by atoms with Gasteiger partial charge >= 0.3 is 0 Å². The van der Waals surface area contributed by atoms with Gasteiger partial charge in [0.2, 0.25) is 0 Å². The van der Waals surface area contributed by atoms with E-state index < -0.39 is 0 Å². The van der Waals surface area contributed by atoms with Crippen molar-refractivity contribution < 1.29 is 9.59 Å². The second-order valence-corrected chi connectivity index (χ2v) is 8.59. The molecule has 0 aliphatic carbocycles. The number of aryl methyl sites for hydroxylation is 1. The molecule has 2 aliphatic heterocycles. The number of amides is 2. The van der Waals surface area contributed by atoms with Crippen LogP contribution in [-0.4, -0.2) is 53.0 Å². The van der Waals surface area contributed by atoms with Gasteiger partial charge in [0.05, 0.1) is 0 Å². The Morgan fingerprint density at radius 1 is 0.914 bits per heavy atom. The third-order valence-electron chi connectivity index (χ3n) is 6.33. The number of pyridine rings is 3. The second kappa shape index (κ2) is 8.71. The zero-order chi connectivity index (χ0) is 23.8. The average Bonchev–Trinajstić information content (AvgIpc) is 3.53. The molecule has 0 spiro atoms. The molecule has 10 heteroatoms. The quantitative estimate of drug-likeness (QED) is 0.491. The van der Waals surface area contributed by atoms with Crippen LogP contribution in [0.15, 0.2) is 54.9 Å². The number of anilines is 1. The Balaban J connectivity index is 1.19. The highest BCUT2D eigenvalue weighted by Gasteiger charge is 2.24. The van der Waals surface area contributed by atoms with Gasteiger partial charge in [-0.2, -0.15) is 0 Å². The number of hydrogen-bond acceptors (Lipinski definition) is 7. The molecule has 2 amide bonds. The largest absolute Gasteiger partial charge is 0.333 e. The van der Waals surface area contributed by atoms with Crippen LogP contribution in [0.25, 0.3) is 11.5 Å². The van der Waals surface area contributed by atoms with E-state index >= 15 is 0 Å². The third-order valence-corrected chi connectivity index (χ3v) is 6.33. The highest BCUT2D eigenvalue weighted by Crippen LogP contribution is 2.24. The van der Waals surface area contributed by atoms with Crippen LogP contribution in [0.3, 0.4) is 0 Å². The van der Waals surface area contributed by atoms with Crippen LogP contribution < -0.4 is 5.32 Å². The SMILES string of the molecule is O=C(Nc1cccc(-c2nnc3n2CCC3)n1)c1cc2c(cn1)CCN(C(=O)c1ccccn1)C2. The van der Waals surface area contributed by atoms with E-state index in [2.05, 4.69) is 35.0 Å². The molecule has 6 heterocycles. The van der Waals surface area contributed by atoms with E-state index in [0.29, 0.717) is 42.5 Å². The minimum absolute atomic E-state index is 0.125. The van der Waals surface area contributed by atoms with Crippen LogP contribution in [0.5, 0.6) is 0 Å². The Labute approximate surface area is 201 Å². The smallest absolute Gasteiger partial charge is 0.275 e. The molecular formula is C25H22N8O2. The van der Waals surface area contributed by atoms with Crippen LogP contribution in [0.4, 0.5) is 5.82 Å². The highest BCUT2D eigenvalue weighted by molar-refractivity contribution is 6.02. The number of carbonyl (C=O) groups excluding carboxylic acids is 2. The van der Waals surface area contributed by atoms with Crippen LogP contribution >= 0.6 is 0 Å². The molecular weight excluding hydrogens is 444 g/mol. The van der Waals surface area contributed by atoms with Gasteiger partial charge in [0.1, 0.15) is 28.7 Å². The standard InChI is InChI=1S/C25H22N8O2/c34-24(29-21-7-3-6-18(28-21)23-31-30-22-8-4-11-33(22)23)20-13-17-15-32(12-9-16(17)14-27-20)25(35)19-5-1-2-10-26-19/h1-3,5-7,10,13-14H,4,8-9,11-12,15H2,(H,28,29,34). The summed E-state index contributed by atoms with van der Waals surface area (Å²) in [4.78, 5) is 40.6. The molecule has 6 rings (SSSR count). The monoisotopic (exact) mass is 466 g/mol. The molecule has 0 saturated carbocycles. The van der Waals surface area contributed by atoms with Gasteiger partial charge in [-0.15, -0.1) is 10.2 Å². The summed E-state index contributed by atoms with van der Waals surface area (Å²) in [5, 5.41) is 11.3. The van der Waals surface area contributed by atoms with Crippen molar-refractivity contribution >= 4 is 17.6 Å². The van der Waals surface area contributed by atoms with Gasteiger partial charge in [-0.1, -0.05) is 12.1 Å². The molecule has 0 atom stereocenters. The first-order valence-electron chi connectivity index (χ1n) is 11.5. The zero-order valence-corrected chi connectivity index (χ0v) is 18.9. The Morgan fingerprint density at radius 3 is 2.74 bits per heavy atom. The molecule has 1 N–H and O–H groups in total. The maximum absolute atomic E-state index is 13.0. The van der Waals surface area contributed by atoms with Crippen molar-refractivity contribution in [3.63, 3.8) is 0 Å². The summed E-state index contributed by atoms with van der Waals surface area (Å²) in [5.41, 5.74) is 3.28. The Morgan fingerprint density at radius 2 is 1.86 bits per heavy atom. The lowest BCUT2D eigenvalue weighted by Crippen LogP contribution is -2.36. The molecule has 174 valence electrons. The van der Waals surface area contributed by atoms with Crippen LogP contribution in [0, 0.1) is 0 Å². The molecule has 0 saturated heterocycles. The number of aromatic nitrogens is 6. The topological polar surface area (TPSA) is 119 Å². The number of fused-ring (bicyclic) bond motifs is 2. The molecule has 0 bridgehead atoms. The van der Waals surface area contributed by atoms with E-state index in [9.17, 15) is 9.59 Å². The Kier molecular flexibility index (Phi) is 5.25. The van der Waals surface area contributed by atoms with Crippen molar-refractivity contribution in [3.8, 4) is 11.5 Å². The number of rotatable bonds is 4. The number of nitrogens with one attached hydrogen (secondary N) is 1. The van der Waals surface area contributed by atoms with E-state index in [0.717, 1.165) is 36.3 Å². The normalized spacial score (nSPS) is 14.3. The lowest BCUT2D eigenvalue weighted by molar-refractivity contribution is 0.0728. The maximum Gasteiger partial charge on any atom is 0.275 e. The van der Waals surface area contributed by atoms with Crippen molar-refractivity contribution in [1.29, 1.82) is 0 Å². The average molecular weight is 467 g/mol. The first kappa shape index (κ1) is 21.1. The summed E-state index contributed by atoms with van der Waals surface area (Å²) in [6.07, 6.45) is 5.96. The zero-order valence-electron chi connectivity index (χ0n) is 18.9. The van der Waals surface area contributed by atoms with Gasteiger partial charge in [0, 0.05) is 38.4 Å². The first-order valence-corrected chi connectivity index (χ1v) is 11.5. The van der Waals surface area contributed by atoms with Crippen LogP contribution in [-0.2, 0) is 25.9 Å². The Bertz CT molecular complexity index is 1430. The van der Waals surface area contributed by atoms with E-state index in [1.54, 1.807) is 47.6 Å². The summed E-state index contributed by atoms with van der Waals surface area (Å²) in [7, 11) is 0. The minimum Gasteiger partial charge on any atom is -0.333 e. The van der Waals surface area contributed by atoms with Gasteiger partial charge in [0.15, 0.2) is 5.82 Å². The molecule has 0 unspecified atom stereocenters. The molecule has 2 aliphatic rings. The van der Waals surface area contributed by atoms with E-state index in [-0.39, 0.29) is 17.5 Å². The molecule has 0 aromatic carbocycles.